The van der Waals surface area contributed by atoms with Crippen molar-refractivity contribution < 1.29 is 9.32 Å². The van der Waals surface area contributed by atoms with Gasteiger partial charge in [0.05, 0.1) is 16.9 Å². The van der Waals surface area contributed by atoms with Crippen LogP contribution >= 0.6 is 0 Å². The first-order valence-electron chi connectivity index (χ1n) is 7.94. The van der Waals surface area contributed by atoms with Gasteiger partial charge in [0, 0.05) is 16.2 Å². The van der Waals surface area contributed by atoms with Crippen LogP contribution in [0.2, 0.25) is 0 Å². The average Bonchev–Trinajstić information content (AvgIpc) is 2.63. The molecule has 24 heavy (non-hydrogen) atoms. The normalized spacial score (nSPS) is 13.4. The fraction of sp³-hybridized carbons (Fsp3) is 0.143. The molecule has 3 rings (SSSR count). The zero-order chi connectivity index (χ0) is 16.9. The second-order valence-corrected chi connectivity index (χ2v) is 7.27. The molecule has 3 aromatic carbocycles. The lowest BCUT2D eigenvalue weighted by Crippen LogP contribution is -2.05. The molecule has 0 saturated heterocycles. The molecule has 0 bridgehead atoms. The zero-order valence-electron chi connectivity index (χ0n) is 13.6. The summed E-state index contributed by atoms with van der Waals surface area (Å²) >= 11 is 0. The van der Waals surface area contributed by atoms with E-state index in [4.69, 9.17) is 0 Å². The van der Waals surface area contributed by atoms with E-state index in [-0.39, 0.29) is 0 Å². The lowest BCUT2D eigenvalue weighted by atomic mass is 10.0. The van der Waals surface area contributed by atoms with Crippen molar-refractivity contribution in [3.63, 3.8) is 0 Å². The van der Waals surface area contributed by atoms with Gasteiger partial charge in [0.2, 0.25) is 0 Å². The van der Waals surface area contributed by atoms with Crippen molar-refractivity contribution in [1.29, 1.82) is 0 Å². The molecule has 0 aliphatic heterocycles. The van der Waals surface area contributed by atoms with Crippen LogP contribution in [0.4, 0.5) is 0 Å². The third-order valence-electron chi connectivity index (χ3n) is 4.01. The largest absolute Gasteiger partial charge is 0.388 e. The first-order chi connectivity index (χ1) is 11.6. The first-order valence-corrected chi connectivity index (χ1v) is 9.09. The molecule has 122 valence electrons. The second-order valence-electron chi connectivity index (χ2n) is 5.82. The molecule has 0 aliphatic carbocycles. The van der Waals surface area contributed by atoms with Crippen LogP contribution in [0.3, 0.4) is 0 Å². The highest BCUT2D eigenvalue weighted by Gasteiger charge is 2.15. The fourth-order valence-electron chi connectivity index (χ4n) is 2.64. The molecule has 3 aromatic rings. The molecule has 0 saturated carbocycles. The topological polar surface area (TPSA) is 37.3 Å². The molecular weight excluding hydrogens is 316 g/mol. The molecule has 1 N–H and O–H groups in total. The predicted molar refractivity (Wildman–Crippen MR) is 97.4 cm³/mol. The van der Waals surface area contributed by atoms with Crippen LogP contribution in [0.5, 0.6) is 0 Å². The molecule has 0 aromatic heterocycles. The Balaban J connectivity index is 1.88. The third-order valence-corrected chi connectivity index (χ3v) is 5.50. The molecule has 0 unspecified atom stereocenters. The van der Waals surface area contributed by atoms with Crippen molar-refractivity contribution in [2.75, 3.05) is 0 Å². The maximum atomic E-state index is 12.9. The first kappa shape index (κ1) is 16.6. The summed E-state index contributed by atoms with van der Waals surface area (Å²) in [5, 5.41) is 10.5. The van der Waals surface area contributed by atoms with Crippen LogP contribution < -0.4 is 0 Å². The Labute approximate surface area is 145 Å². The highest BCUT2D eigenvalue weighted by molar-refractivity contribution is 7.85. The number of benzene rings is 3. The van der Waals surface area contributed by atoms with E-state index in [1.165, 1.54) is 0 Å². The summed E-state index contributed by atoms with van der Waals surface area (Å²) in [5.74, 6) is 0. The minimum atomic E-state index is -1.25. The SMILES string of the molecule is Cc1ccc([S@](=O)c2ccccc2C[C@H](O)c2ccccc2)cc1. The van der Waals surface area contributed by atoms with Crippen LogP contribution in [0.25, 0.3) is 0 Å². The van der Waals surface area contributed by atoms with E-state index >= 15 is 0 Å². The van der Waals surface area contributed by atoms with Crippen LogP contribution in [-0.4, -0.2) is 9.32 Å². The van der Waals surface area contributed by atoms with Gasteiger partial charge in [-0.3, -0.25) is 0 Å². The maximum Gasteiger partial charge on any atom is 0.0852 e. The quantitative estimate of drug-likeness (QED) is 0.748. The molecule has 2 nitrogen and oxygen atoms in total. The molecule has 0 amide bonds. The number of hydrogen-bond donors (Lipinski definition) is 1. The Hall–Kier alpha value is -2.23. The Morgan fingerprint density at radius 2 is 1.50 bits per heavy atom. The molecular formula is C21H20O2S. The maximum absolute atomic E-state index is 12.9. The highest BCUT2D eigenvalue weighted by Crippen LogP contribution is 2.25. The lowest BCUT2D eigenvalue weighted by Gasteiger charge is -2.14. The number of hydrogen-bond acceptors (Lipinski definition) is 2. The van der Waals surface area contributed by atoms with Gasteiger partial charge in [-0.25, -0.2) is 4.21 Å². The average molecular weight is 336 g/mol. The Morgan fingerprint density at radius 1 is 0.875 bits per heavy atom. The molecule has 0 aliphatic rings. The van der Waals surface area contributed by atoms with Gasteiger partial charge in [0.15, 0.2) is 0 Å². The number of aliphatic hydroxyl groups excluding tert-OH is 1. The molecule has 3 heteroatoms. The molecule has 0 fully saturated rings. The minimum Gasteiger partial charge on any atom is -0.388 e. The summed E-state index contributed by atoms with van der Waals surface area (Å²) in [6, 6.07) is 24.9. The summed E-state index contributed by atoms with van der Waals surface area (Å²) in [6.45, 7) is 2.01. The molecule has 0 radical (unpaired) electrons. The lowest BCUT2D eigenvalue weighted by molar-refractivity contribution is 0.177. The van der Waals surface area contributed by atoms with E-state index in [2.05, 4.69) is 0 Å². The van der Waals surface area contributed by atoms with Gasteiger partial charge < -0.3 is 5.11 Å². The van der Waals surface area contributed by atoms with E-state index in [0.29, 0.717) is 6.42 Å². The summed E-state index contributed by atoms with van der Waals surface area (Å²) < 4.78 is 12.9. The monoisotopic (exact) mass is 336 g/mol. The zero-order valence-corrected chi connectivity index (χ0v) is 14.4. The van der Waals surface area contributed by atoms with Crippen molar-refractivity contribution in [3.05, 3.63) is 95.6 Å². The fourth-order valence-corrected chi connectivity index (χ4v) is 3.87. The summed E-state index contributed by atoms with van der Waals surface area (Å²) in [5.41, 5.74) is 2.92. The van der Waals surface area contributed by atoms with Crippen LogP contribution in [0.1, 0.15) is 22.8 Å². The van der Waals surface area contributed by atoms with Crippen molar-refractivity contribution in [2.45, 2.75) is 29.2 Å². The van der Waals surface area contributed by atoms with Gasteiger partial charge in [-0.15, -0.1) is 0 Å². The summed E-state index contributed by atoms with van der Waals surface area (Å²) in [4.78, 5) is 1.54. The van der Waals surface area contributed by atoms with Gasteiger partial charge in [-0.05, 0) is 36.2 Å². The van der Waals surface area contributed by atoms with Crippen LogP contribution in [-0.2, 0) is 17.2 Å². The number of aryl methyl sites for hydroxylation is 1. The Kier molecular flexibility index (Phi) is 5.24. The van der Waals surface area contributed by atoms with Crippen molar-refractivity contribution in [3.8, 4) is 0 Å². The second kappa shape index (κ2) is 7.56. The summed E-state index contributed by atoms with van der Waals surface area (Å²) in [6.07, 6.45) is -0.167. The number of aliphatic hydroxyl groups is 1. The van der Waals surface area contributed by atoms with E-state index < -0.39 is 16.9 Å². The van der Waals surface area contributed by atoms with Crippen LogP contribution in [0, 0.1) is 6.92 Å². The van der Waals surface area contributed by atoms with Gasteiger partial charge in [-0.1, -0.05) is 66.2 Å². The number of rotatable bonds is 5. The van der Waals surface area contributed by atoms with E-state index in [0.717, 1.165) is 26.5 Å². The summed E-state index contributed by atoms with van der Waals surface area (Å²) in [7, 11) is -1.25. The standard InChI is InChI=1S/C21H20O2S/c1-16-11-13-19(14-12-16)24(23)21-10-6-5-9-18(21)15-20(22)17-7-3-2-4-8-17/h2-14,20,22H,15H2,1H3/t20-,24-/m0/s1. The Bertz CT molecular complexity index is 826. The van der Waals surface area contributed by atoms with E-state index in [1.54, 1.807) is 0 Å². The molecule has 0 heterocycles. The van der Waals surface area contributed by atoms with Gasteiger partial charge >= 0.3 is 0 Å². The van der Waals surface area contributed by atoms with E-state index in [1.807, 2.05) is 85.8 Å². The van der Waals surface area contributed by atoms with Gasteiger partial charge in [0.25, 0.3) is 0 Å². The minimum absolute atomic E-state index is 0.442. The highest BCUT2D eigenvalue weighted by atomic mass is 32.2. The third kappa shape index (κ3) is 3.81. The molecule has 2 atom stereocenters. The van der Waals surface area contributed by atoms with Crippen molar-refractivity contribution in [2.24, 2.45) is 0 Å². The Morgan fingerprint density at radius 3 is 2.21 bits per heavy atom. The smallest absolute Gasteiger partial charge is 0.0852 e. The van der Waals surface area contributed by atoms with Gasteiger partial charge in [0.1, 0.15) is 0 Å². The van der Waals surface area contributed by atoms with Crippen LogP contribution in [0.15, 0.2) is 88.7 Å². The van der Waals surface area contributed by atoms with Crippen molar-refractivity contribution in [1.82, 2.24) is 0 Å². The van der Waals surface area contributed by atoms with E-state index in [9.17, 15) is 9.32 Å². The van der Waals surface area contributed by atoms with Crippen molar-refractivity contribution >= 4 is 10.8 Å². The molecule has 0 spiro atoms. The predicted octanol–water partition coefficient (Wildman–Crippen LogP) is 4.44. The van der Waals surface area contributed by atoms with Gasteiger partial charge in [-0.2, -0.15) is 0 Å².